The van der Waals surface area contributed by atoms with E-state index in [0.29, 0.717) is 17.8 Å². The van der Waals surface area contributed by atoms with Gasteiger partial charge in [0.1, 0.15) is 5.75 Å². The molecule has 1 saturated carbocycles. The minimum atomic E-state index is 0.153. The molecule has 2 fully saturated rings. The molecule has 7 heteroatoms. The van der Waals surface area contributed by atoms with Crippen LogP contribution in [0.3, 0.4) is 0 Å². The summed E-state index contributed by atoms with van der Waals surface area (Å²) in [6, 6.07) is 8.28. The Hall–Kier alpha value is -2.41. The first-order valence-electron chi connectivity index (χ1n) is 10.7. The van der Waals surface area contributed by atoms with Crippen molar-refractivity contribution in [2.45, 2.75) is 51.7 Å². The SMILES string of the molecule is CC(C)N1CCN(C(=O)C2CCC(Oc3ccc(-c4nnco4)cc3)CC2)CC1. The highest BCUT2D eigenvalue weighted by Crippen LogP contribution is 2.30. The Bertz CT molecular complexity index is 775. The Morgan fingerprint density at radius 3 is 2.34 bits per heavy atom. The normalized spacial score (nSPS) is 23.3. The van der Waals surface area contributed by atoms with Crippen LogP contribution in [0.2, 0.25) is 0 Å². The van der Waals surface area contributed by atoms with E-state index in [1.54, 1.807) is 0 Å². The van der Waals surface area contributed by atoms with Gasteiger partial charge in [0.05, 0.1) is 6.10 Å². The lowest BCUT2D eigenvalue weighted by Gasteiger charge is -2.39. The second-order valence-corrected chi connectivity index (χ2v) is 8.31. The zero-order valence-corrected chi connectivity index (χ0v) is 17.3. The molecule has 1 saturated heterocycles. The Morgan fingerprint density at radius 1 is 1.07 bits per heavy atom. The standard InChI is InChI=1S/C22H30N4O3/c1-16(2)25-11-13-26(14-12-25)22(27)18-5-9-20(10-6-18)29-19-7-3-17(4-8-19)21-24-23-15-28-21/h3-4,7-8,15-16,18,20H,5-6,9-14H2,1-2H3. The van der Waals surface area contributed by atoms with Crippen LogP contribution in [0.1, 0.15) is 39.5 Å². The van der Waals surface area contributed by atoms with Crippen LogP contribution in [-0.4, -0.2) is 64.2 Å². The third-order valence-electron chi connectivity index (χ3n) is 6.14. The van der Waals surface area contributed by atoms with Crippen molar-refractivity contribution in [3.8, 4) is 17.2 Å². The van der Waals surface area contributed by atoms with Gasteiger partial charge in [0.2, 0.25) is 18.2 Å². The number of benzene rings is 1. The van der Waals surface area contributed by atoms with Crippen LogP contribution >= 0.6 is 0 Å². The van der Waals surface area contributed by atoms with Gasteiger partial charge >= 0.3 is 0 Å². The van der Waals surface area contributed by atoms with E-state index in [4.69, 9.17) is 9.15 Å². The fraction of sp³-hybridized carbons (Fsp3) is 0.591. The van der Waals surface area contributed by atoms with Gasteiger partial charge in [0, 0.05) is 43.7 Å². The van der Waals surface area contributed by atoms with E-state index in [9.17, 15) is 4.79 Å². The van der Waals surface area contributed by atoms with Crippen molar-refractivity contribution in [1.82, 2.24) is 20.0 Å². The molecular weight excluding hydrogens is 368 g/mol. The molecule has 0 atom stereocenters. The van der Waals surface area contributed by atoms with Crippen LogP contribution in [0.25, 0.3) is 11.5 Å². The number of carbonyl (C=O) groups excluding carboxylic acids is 1. The van der Waals surface area contributed by atoms with Gasteiger partial charge in [0.25, 0.3) is 0 Å². The summed E-state index contributed by atoms with van der Waals surface area (Å²) in [6.45, 7) is 8.14. The highest BCUT2D eigenvalue weighted by molar-refractivity contribution is 5.79. The summed E-state index contributed by atoms with van der Waals surface area (Å²) in [5.74, 6) is 1.84. The van der Waals surface area contributed by atoms with E-state index in [2.05, 4.69) is 33.8 Å². The maximum absolute atomic E-state index is 12.9. The highest BCUT2D eigenvalue weighted by Gasteiger charge is 2.32. The molecule has 0 radical (unpaired) electrons. The quantitative estimate of drug-likeness (QED) is 0.770. The third-order valence-corrected chi connectivity index (χ3v) is 6.14. The lowest BCUT2D eigenvalue weighted by atomic mass is 9.86. The molecule has 0 N–H and O–H groups in total. The van der Waals surface area contributed by atoms with Crippen molar-refractivity contribution in [3.05, 3.63) is 30.7 Å². The highest BCUT2D eigenvalue weighted by atomic mass is 16.5. The molecule has 0 spiro atoms. The van der Waals surface area contributed by atoms with Crippen LogP contribution in [-0.2, 0) is 4.79 Å². The van der Waals surface area contributed by atoms with Crippen LogP contribution in [0, 0.1) is 5.92 Å². The summed E-state index contributed by atoms with van der Waals surface area (Å²) < 4.78 is 11.4. The maximum atomic E-state index is 12.9. The molecule has 1 aliphatic heterocycles. The molecule has 0 unspecified atom stereocenters. The molecule has 156 valence electrons. The summed E-state index contributed by atoms with van der Waals surface area (Å²) in [6.07, 6.45) is 5.17. The average Bonchev–Trinajstić information content (AvgIpc) is 3.29. The van der Waals surface area contributed by atoms with Crippen molar-refractivity contribution < 1.29 is 13.9 Å². The Labute approximate surface area is 172 Å². The zero-order chi connectivity index (χ0) is 20.2. The molecule has 2 aliphatic rings. The number of nitrogens with zero attached hydrogens (tertiary/aromatic N) is 4. The molecule has 0 bridgehead atoms. The summed E-state index contributed by atoms with van der Waals surface area (Å²) in [7, 11) is 0. The van der Waals surface area contributed by atoms with Crippen molar-refractivity contribution in [3.63, 3.8) is 0 Å². The summed E-state index contributed by atoms with van der Waals surface area (Å²) >= 11 is 0. The van der Waals surface area contributed by atoms with Crippen LogP contribution in [0.5, 0.6) is 5.75 Å². The fourth-order valence-corrected chi connectivity index (χ4v) is 4.31. The van der Waals surface area contributed by atoms with Crippen LogP contribution in [0.15, 0.2) is 35.1 Å². The number of rotatable bonds is 5. The number of piperazine rings is 1. The molecule has 1 aliphatic carbocycles. The van der Waals surface area contributed by atoms with E-state index in [-0.39, 0.29) is 12.0 Å². The molecule has 29 heavy (non-hydrogen) atoms. The predicted octanol–water partition coefficient (Wildman–Crippen LogP) is 3.23. The topological polar surface area (TPSA) is 71.7 Å². The fourth-order valence-electron chi connectivity index (χ4n) is 4.31. The van der Waals surface area contributed by atoms with E-state index < -0.39 is 0 Å². The second-order valence-electron chi connectivity index (χ2n) is 8.31. The van der Waals surface area contributed by atoms with Gasteiger partial charge in [0.15, 0.2) is 0 Å². The number of ether oxygens (including phenoxy) is 1. The largest absolute Gasteiger partial charge is 0.490 e. The first-order chi connectivity index (χ1) is 14.1. The number of hydrogen-bond donors (Lipinski definition) is 0. The molecule has 1 amide bonds. The van der Waals surface area contributed by atoms with Gasteiger partial charge in [-0.1, -0.05) is 0 Å². The number of aromatic nitrogens is 2. The smallest absolute Gasteiger partial charge is 0.247 e. The van der Waals surface area contributed by atoms with Gasteiger partial charge in [-0.2, -0.15) is 0 Å². The van der Waals surface area contributed by atoms with E-state index in [1.807, 2.05) is 24.3 Å². The molecular formula is C22H30N4O3. The zero-order valence-electron chi connectivity index (χ0n) is 17.3. The van der Waals surface area contributed by atoms with Crippen molar-refractivity contribution in [2.24, 2.45) is 5.92 Å². The van der Waals surface area contributed by atoms with E-state index in [1.165, 1.54) is 6.39 Å². The van der Waals surface area contributed by atoms with Crippen LogP contribution in [0.4, 0.5) is 0 Å². The minimum Gasteiger partial charge on any atom is -0.490 e. The van der Waals surface area contributed by atoms with Gasteiger partial charge in [-0.25, -0.2) is 0 Å². The van der Waals surface area contributed by atoms with Gasteiger partial charge in [-0.3, -0.25) is 9.69 Å². The lowest BCUT2D eigenvalue weighted by Crippen LogP contribution is -2.52. The summed E-state index contributed by atoms with van der Waals surface area (Å²) in [5, 5.41) is 7.61. The Morgan fingerprint density at radius 2 is 1.76 bits per heavy atom. The first-order valence-corrected chi connectivity index (χ1v) is 10.7. The number of amides is 1. The average molecular weight is 399 g/mol. The van der Waals surface area contributed by atoms with E-state index >= 15 is 0 Å². The molecule has 1 aromatic heterocycles. The summed E-state index contributed by atoms with van der Waals surface area (Å²) in [5.41, 5.74) is 0.877. The molecule has 2 aromatic rings. The van der Waals surface area contributed by atoms with Gasteiger partial charge in [-0.15, -0.1) is 10.2 Å². The Balaban J connectivity index is 1.24. The number of hydrogen-bond acceptors (Lipinski definition) is 6. The Kier molecular flexibility index (Phi) is 6.13. The van der Waals surface area contributed by atoms with Crippen molar-refractivity contribution >= 4 is 5.91 Å². The number of carbonyl (C=O) groups is 1. The van der Waals surface area contributed by atoms with Crippen molar-refractivity contribution in [2.75, 3.05) is 26.2 Å². The van der Waals surface area contributed by atoms with Crippen LogP contribution < -0.4 is 4.74 Å². The molecule has 4 rings (SSSR count). The maximum Gasteiger partial charge on any atom is 0.247 e. The molecule has 2 heterocycles. The molecule has 1 aromatic carbocycles. The van der Waals surface area contributed by atoms with Gasteiger partial charge in [-0.05, 0) is 63.8 Å². The third kappa shape index (κ3) is 4.78. The second kappa shape index (κ2) is 8.95. The summed E-state index contributed by atoms with van der Waals surface area (Å²) in [4.78, 5) is 17.4. The minimum absolute atomic E-state index is 0.153. The predicted molar refractivity (Wildman–Crippen MR) is 109 cm³/mol. The lowest BCUT2D eigenvalue weighted by molar-refractivity contribution is -0.139. The molecule has 7 nitrogen and oxygen atoms in total. The first kappa shape index (κ1) is 19.9. The van der Waals surface area contributed by atoms with Crippen molar-refractivity contribution in [1.29, 1.82) is 0 Å². The monoisotopic (exact) mass is 398 g/mol. The van der Waals surface area contributed by atoms with E-state index in [0.717, 1.165) is 63.2 Å². The van der Waals surface area contributed by atoms with Gasteiger partial charge < -0.3 is 14.1 Å².